The number of ether oxygens (including phenoxy) is 1. The molecular weight excluding hydrogens is 258 g/mol. The van der Waals surface area contributed by atoms with Gasteiger partial charge in [0.25, 0.3) is 5.91 Å². The predicted octanol–water partition coefficient (Wildman–Crippen LogP) is 1.08. The number of nitrogen functional groups attached to an aromatic ring is 1. The van der Waals surface area contributed by atoms with Crippen LogP contribution in [0.15, 0.2) is 30.3 Å². The Morgan fingerprint density at radius 1 is 1.35 bits per heavy atom. The monoisotopic (exact) mass is 269 g/mol. The molecule has 1 amide bonds. The minimum Gasteiger partial charge on any atom is -0.435 e. The van der Waals surface area contributed by atoms with Crippen LogP contribution in [0.1, 0.15) is 16.1 Å². The van der Waals surface area contributed by atoms with Crippen molar-refractivity contribution in [2.45, 2.75) is 0 Å². The van der Waals surface area contributed by atoms with E-state index in [0.717, 1.165) is 0 Å². The van der Waals surface area contributed by atoms with Gasteiger partial charge < -0.3 is 15.8 Å². The molecule has 0 spiro atoms. The first-order chi connectivity index (χ1) is 9.63. The lowest BCUT2D eigenvalue weighted by atomic mass is 10.2. The molecular formula is C13H11N5O2. The van der Waals surface area contributed by atoms with Gasteiger partial charge in [-0.15, -0.1) is 10.2 Å². The Balaban J connectivity index is 2.18. The summed E-state index contributed by atoms with van der Waals surface area (Å²) in [5, 5.41) is 18.7. The van der Waals surface area contributed by atoms with Gasteiger partial charge in [-0.05, 0) is 24.3 Å². The first-order valence-corrected chi connectivity index (χ1v) is 5.67. The first kappa shape index (κ1) is 13.3. The number of carbonyl (C=O) groups excluding carboxylic acids is 1. The van der Waals surface area contributed by atoms with E-state index in [9.17, 15) is 4.79 Å². The van der Waals surface area contributed by atoms with Crippen molar-refractivity contribution >= 4 is 11.6 Å². The maximum absolute atomic E-state index is 11.3. The molecule has 3 N–H and O–H groups in total. The molecule has 1 heterocycles. The average molecular weight is 269 g/mol. The Morgan fingerprint density at radius 3 is 2.70 bits per heavy atom. The lowest BCUT2D eigenvalue weighted by molar-refractivity contribution is 0.0957. The minimum absolute atomic E-state index is 0.188. The zero-order chi connectivity index (χ0) is 14.5. The number of rotatable bonds is 3. The SMILES string of the molecule is CNC(=O)c1ccc(Oc2ccc(C#N)cc2N)nn1. The Bertz CT molecular complexity index is 676. The van der Waals surface area contributed by atoms with Gasteiger partial charge in [0.05, 0.1) is 17.3 Å². The third kappa shape index (κ3) is 2.81. The highest BCUT2D eigenvalue weighted by molar-refractivity contribution is 5.91. The Morgan fingerprint density at radius 2 is 2.15 bits per heavy atom. The number of anilines is 1. The molecule has 2 aromatic rings. The quantitative estimate of drug-likeness (QED) is 0.806. The van der Waals surface area contributed by atoms with Crippen molar-refractivity contribution < 1.29 is 9.53 Å². The van der Waals surface area contributed by atoms with Crippen LogP contribution < -0.4 is 15.8 Å². The van der Waals surface area contributed by atoms with E-state index in [1.165, 1.54) is 25.2 Å². The molecule has 1 aromatic heterocycles. The molecule has 0 saturated carbocycles. The Kier molecular flexibility index (Phi) is 3.77. The second kappa shape index (κ2) is 5.67. The highest BCUT2D eigenvalue weighted by Gasteiger charge is 2.08. The van der Waals surface area contributed by atoms with E-state index in [2.05, 4.69) is 15.5 Å². The molecule has 0 radical (unpaired) electrons. The van der Waals surface area contributed by atoms with Crippen molar-refractivity contribution in [3.8, 4) is 17.7 Å². The van der Waals surface area contributed by atoms with Crippen LogP contribution >= 0.6 is 0 Å². The lowest BCUT2D eigenvalue weighted by Crippen LogP contribution is -2.19. The van der Waals surface area contributed by atoms with Crippen LogP contribution in [0.2, 0.25) is 0 Å². The maximum Gasteiger partial charge on any atom is 0.271 e. The highest BCUT2D eigenvalue weighted by Crippen LogP contribution is 2.26. The fourth-order valence-corrected chi connectivity index (χ4v) is 1.45. The summed E-state index contributed by atoms with van der Waals surface area (Å²) in [6.45, 7) is 0. The summed E-state index contributed by atoms with van der Waals surface area (Å²) in [5.41, 5.74) is 6.70. The summed E-state index contributed by atoms with van der Waals surface area (Å²) in [4.78, 5) is 11.3. The number of nitrogens with one attached hydrogen (secondary N) is 1. The third-order valence-electron chi connectivity index (χ3n) is 2.45. The number of hydrogen-bond acceptors (Lipinski definition) is 6. The molecule has 0 fully saturated rings. The molecule has 0 aliphatic rings. The molecule has 0 aliphatic carbocycles. The van der Waals surface area contributed by atoms with Gasteiger partial charge in [0.1, 0.15) is 0 Å². The van der Waals surface area contributed by atoms with Crippen LogP contribution in [0.25, 0.3) is 0 Å². The van der Waals surface area contributed by atoms with Crippen LogP contribution in [0.5, 0.6) is 11.6 Å². The summed E-state index contributed by atoms with van der Waals surface area (Å²) in [6, 6.07) is 9.63. The highest BCUT2D eigenvalue weighted by atomic mass is 16.5. The van der Waals surface area contributed by atoms with Crippen molar-refractivity contribution in [2.24, 2.45) is 0 Å². The zero-order valence-electron chi connectivity index (χ0n) is 10.6. The Hall–Kier alpha value is -3.14. The summed E-state index contributed by atoms with van der Waals surface area (Å²) in [7, 11) is 1.51. The van der Waals surface area contributed by atoms with Crippen LogP contribution in [0, 0.1) is 11.3 Å². The zero-order valence-corrected chi connectivity index (χ0v) is 10.6. The van der Waals surface area contributed by atoms with Gasteiger partial charge in [-0.1, -0.05) is 0 Å². The standard InChI is InChI=1S/C13H11N5O2/c1-16-13(19)10-3-5-12(18-17-10)20-11-4-2-8(7-14)6-9(11)15/h2-6H,15H2,1H3,(H,16,19). The van der Waals surface area contributed by atoms with Crippen LogP contribution in [0.4, 0.5) is 5.69 Å². The van der Waals surface area contributed by atoms with Gasteiger partial charge in [0, 0.05) is 13.1 Å². The van der Waals surface area contributed by atoms with Crippen molar-refractivity contribution in [1.29, 1.82) is 5.26 Å². The molecule has 0 atom stereocenters. The van der Waals surface area contributed by atoms with Crippen LogP contribution in [0.3, 0.4) is 0 Å². The molecule has 100 valence electrons. The number of nitriles is 1. The number of nitrogens with zero attached hydrogens (tertiary/aromatic N) is 3. The molecule has 0 aliphatic heterocycles. The molecule has 7 heteroatoms. The van der Waals surface area contributed by atoms with Crippen LogP contribution in [-0.4, -0.2) is 23.2 Å². The molecule has 20 heavy (non-hydrogen) atoms. The van der Waals surface area contributed by atoms with E-state index in [0.29, 0.717) is 17.0 Å². The summed E-state index contributed by atoms with van der Waals surface area (Å²) in [6.07, 6.45) is 0. The van der Waals surface area contributed by atoms with E-state index >= 15 is 0 Å². The third-order valence-corrected chi connectivity index (χ3v) is 2.45. The normalized spacial score (nSPS) is 9.60. The molecule has 0 unspecified atom stereocenters. The first-order valence-electron chi connectivity index (χ1n) is 5.67. The van der Waals surface area contributed by atoms with Gasteiger partial charge in [0.15, 0.2) is 11.4 Å². The Labute approximate surface area is 115 Å². The summed E-state index contributed by atoms with van der Waals surface area (Å²) >= 11 is 0. The van der Waals surface area contributed by atoms with E-state index in [1.807, 2.05) is 6.07 Å². The van der Waals surface area contributed by atoms with E-state index < -0.39 is 0 Å². The number of nitrogens with two attached hydrogens (primary N) is 1. The fraction of sp³-hybridized carbons (Fsp3) is 0.0769. The van der Waals surface area contributed by atoms with Gasteiger partial charge in [-0.25, -0.2) is 0 Å². The smallest absolute Gasteiger partial charge is 0.271 e. The summed E-state index contributed by atoms with van der Waals surface area (Å²) < 4.78 is 5.44. The van der Waals surface area contributed by atoms with Crippen molar-refractivity contribution in [1.82, 2.24) is 15.5 Å². The number of aromatic nitrogens is 2. The predicted molar refractivity (Wildman–Crippen MR) is 71.1 cm³/mol. The van der Waals surface area contributed by atoms with Gasteiger partial charge in [-0.2, -0.15) is 5.26 Å². The number of carbonyl (C=O) groups is 1. The fourth-order valence-electron chi connectivity index (χ4n) is 1.45. The van der Waals surface area contributed by atoms with E-state index in [1.54, 1.807) is 12.1 Å². The van der Waals surface area contributed by atoms with Gasteiger partial charge >= 0.3 is 0 Å². The minimum atomic E-state index is -0.332. The number of hydrogen-bond donors (Lipinski definition) is 2. The number of amides is 1. The molecule has 2 rings (SSSR count). The van der Waals surface area contributed by atoms with Crippen molar-refractivity contribution in [2.75, 3.05) is 12.8 Å². The van der Waals surface area contributed by atoms with Gasteiger partial charge in [0.2, 0.25) is 5.88 Å². The average Bonchev–Trinajstić information content (AvgIpc) is 2.49. The summed E-state index contributed by atoms with van der Waals surface area (Å²) in [5.74, 6) is 0.238. The van der Waals surface area contributed by atoms with E-state index in [-0.39, 0.29) is 17.5 Å². The number of benzene rings is 1. The second-order valence-electron chi connectivity index (χ2n) is 3.80. The second-order valence-corrected chi connectivity index (χ2v) is 3.80. The van der Waals surface area contributed by atoms with Crippen molar-refractivity contribution in [3.63, 3.8) is 0 Å². The lowest BCUT2D eigenvalue weighted by Gasteiger charge is -2.07. The van der Waals surface area contributed by atoms with Gasteiger partial charge in [-0.3, -0.25) is 4.79 Å². The molecule has 1 aromatic carbocycles. The maximum atomic E-state index is 11.3. The van der Waals surface area contributed by atoms with Crippen molar-refractivity contribution in [3.05, 3.63) is 41.6 Å². The van der Waals surface area contributed by atoms with Crippen LogP contribution in [-0.2, 0) is 0 Å². The topological polar surface area (TPSA) is 114 Å². The largest absolute Gasteiger partial charge is 0.435 e. The molecule has 7 nitrogen and oxygen atoms in total. The van der Waals surface area contributed by atoms with E-state index in [4.69, 9.17) is 15.7 Å². The molecule has 0 bridgehead atoms. The molecule has 0 saturated heterocycles.